The van der Waals surface area contributed by atoms with Gasteiger partial charge in [0.05, 0.1) is 10.1 Å². The van der Waals surface area contributed by atoms with Crippen molar-refractivity contribution < 1.29 is 14.7 Å². The van der Waals surface area contributed by atoms with E-state index in [2.05, 4.69) is 10.3 Å². The molecule has 1 atom stereocenters. The van der Waals surface area contributed by atoms with Gasteiger partial charge in [0.2, 0.25) is 5.91 Å². The lowest BCUT2D eigenvalue weighted by molar-refractivity contribution is -0.141. The maximum absolute atomic E-state index is 12.3. The van der Waals surface area contributed by atoms with Crippen LogP contribution in [0.2, 0.25) is 0 Å². The van der Waals surface area contributed by atoms with E-state index in [1.54, 1.807) is 16.2 Å². The van der Waals surface area contributed by atoms with Gasteiger partial charge in [-0.1, -0.05) is 41.9 Å². The lowest BCUT2D eigenvalue weighted by atomic mass is 10.0. The van der Waals surface area contributed by atoms with E-state index < -0.39 is 12.0 Å². The second-order valence-electron chi connectivity index (χ2n) is 7.12. The molecule has 2 aromatic heterocycles. The molecule has 0 aliphatic carbocycles. The lowest BCUT2D eigenvalue weighted by Gasteiger charge is -2.14. The van der Waals surface area contributed by atoms with Gasteiger partial charge in [0.15, 0.2) is 0 Å². The lowest BCUT2D eigenvalue weighted by Crippen LogP contribution is -2.42. The van der Waals surface area contributed by atoms with Gasteiger partial charge in [-0.25, -0.2) is 4.79 Å². The van der Waals surface area contributed by atoms with E-state index in [9.17, 15) is 19.5 Å². The number of hydrogen-bond acceptors (Lipinski definition) is 4. The predicted octanol–water partition coefficient (Wildman–Crippen LogP) is 3.14. The van der Waals surface area contributed by atoms with Crippen LogP contribution in [0.5, 0.6) is 0 Å². The highest BCUT2D eigenvalue weighted by Gasteiger charge is 2.21. The monoisotopic (exact) mass is 423 g/mol. The molecule has 0 spiro atoms. The molecule has 0 aliphatic heterocycles. The first kappa shape index (κ1) is 19.9. The fourth-order valence-electron chi connectivity index (χ4n) is 3.53. The Bertz CT molecular complexity index is 1270. The highest BCUT2D eigenvalue weighted by molar-refractivity contribution is 7.13. The normalized spacial score (nSPS) is 12.3. The molecule has 4 rings (SSSR count). The molecule has 0 unspecified atom stereocenters. The number of H-pyrrole nitrogens is 1. The number of aromatic nitrogens is 2. The van der Waals surface area contributed by atoms with Gasteiger partial charge >= 0.3 is 5.97 Å². The number of amides is 1. The average molecular weight is 423 g/mol. The second kappa shape index (κ2) is 8.54. The second-order valence-corrected chi connectivity index (χ2v) is 8.18. The smallest absolute Gasteiger partial charge is 0.326 e. The van der Waals surface area contributed by atoms with Crippen LogP contribution in [0.4, 0.5) is 0 Å². The van der Waals surface area contributed by atoms with Crippen molar-refractivity contribution in [3.63, 3.8) is 0 Å². The first-order valence-corrected chi connectivity index (χ1v) is 10.5. The number of aryl methyl sites for hydroxylation is 1. The summed E-state index contributed by atoms with van der Waals surface area (Å²) in [4.78, 5) is 39.5. The van der Waals surface area contributed by atoms with E-state index in [0.717, 1.165) is 21.2 Å². The maximum Gasteiger partial charge on any atom is 0.326 e. The highest BCUT2D eigenvalue weighted by atomic mass is 32.1. The number of benzene rings is 2. The molecule has 3 N–H and O–H groups in total. The number of carboxylic acids is 1. The van der Waals surface area contributed by atoms with Gasteiger partial charge < -0.3 is 15.4 Å². The molecule has 0 radical (unpaired) electrons. The summed E-state index contributed by atoms with van der Waals surface area (Å²) in [5.74, 6) is -1.41. The van der Waals surface area contributed by atoms with Gasteiger partial charge in [-0.05, 0) is 30.2 Å². The molecule has 1 amide bonds. The number of nitrogens with zero attached hydrogens (tertiary/aromatic N) is 1. The molecule has 0 aliphatic rings. The Morgan fingerprint density at radius 2 is 1.83 bits per heavy atom. The molecular formula is C22H21N3O4S. The molecule has 0 fully saturated rings. The Hall–Kier alpha value is -3.39. The van der Waals surface area contributed by atoms with Gasteiger partial charge in [0.25, 0.3) is 5.56 Å². The van der Waals surface area contributed by atoms with Crippen molar-refractivity contribution in [1.29, 1.82) is 0 Å². The number of aromatic amines is 1. The third-order valence-electron chi connectivity index (χ3n) is 5.05. The molecular weight excluding hydrogens is 402 g/mol. The topological polar surface area (TPSA) is 104 Å². The Kier molecular flexibility index (Phi) is 5.67. The summed E-state index contributed by atoms with van der Waals surface area (Å²) in [5.41, 5.74) is 1.71. The van der Waals surface area contributed by atoms with Crippen molar-refractivity contribution in [1.82, 2.24) is 14.3 Å². The number of nitrogens with one attached hydrogen (secondary N) is 2. The zero-order chi connectivity index (χ0) is 21.1. The fraction of sp³-hybridized carbons (Fsp3) is 0.227. The SMILES string of the molecule is O=C(CCCn1sc2ccccc2c1=O)N[C@@H](Cc1c[nH]c2ccccc12)C(=O)O. The van der Waals surface area contributed by atoms with Crippen LogP contribution in [0.15, 0.2) is 59.5 Å². The van der Waals surface area contributed by atoms with Crippen LogP contribution in [0.1, 0.15) is 18.4 Å². The molecule has 30 heavy (non-hydrogen) atoms. The number of para-hydroxylation sites is 1. The minimum Gasteiger partial charge on any atom is -0.480 e. The van der Waals surface area contributed by atoms with E-state index in [0.29, 0.717) is 18.4 Å². The van der Waals surface area contributed by atoms with Crippen LogP contribution in [-0.2, 0) is 22.6 Å². The molecule has 0 saturated heterocycles. The minimum atomic E-state index is -1.07. The van der Waals surface area contributed by atoms with Crippen molar-refractivity contribution in [3.8, 4) is 0 Å². The van der Waals surface area contributed by atoms with Crippen LogP contribution in [0, 0.1) is 0 Å². The number of hydrogen-bond donors (Lipinski definition) is 3. The van der Waals surface area contributed by atoms with Crippen LogP contribution in [-0.4, -0.2) is 32.0 Å². The number of fused-ring (bicyclic) bond motifs is 2. The summed E-state index contributed by atoms with van der Waals surface area (Å²) < 4.78 is 2.55. The number of carbonyl (C=O) groups excluding carboxylic acids is 1. The summed E-state index contributed by atoms with van der Waals surface area (Å²) in [7, 11) is 0. The first-order chi connectivity index (χ1) is 14.5. The van der Waals surface area contributed by atoms with E-state index in [4.69, 9.17) is 0 Å². The van der Waals surface area contributed by atoms with E-state index in [1.807, 2.05) is 42.5 Å². The highest BCUT2D eigenvalue weighted by Crippen LogP contribution is 2.19. The largest absolute Gasteiger partial charge is 0.480 e. The van der Waals surface area contributed by atoms with Gasteiger partial charge in [0.1, 0.15) is 6.04 Å². The summed E-state index contributed by atoms with van der Waals surface area (Å²) >= 11 is 1.37. The fourth-order valence-corrected chi connectivity index (χ4v) is 4.57. The average Bonchev–Trinajstić information content (AvgIpc) is 3.29. The molecule has 2 aromatic carbocycles. The molecule has 154 valence electrons. The summed E-state index contributed by atoms with van der Waals surface area (Å²) in [6.45, 7) is 0.422. The molecule has 2 heterocycles. The van der Waals surface area contributed by atoms with Gasteiger partial charge in [-0.3, -0.25) is 13.5 Å². The van der Waals surface area contributed by atoms with Crippen LogP contribution >= 0.6 is 11.5 Å². The Labute approximate surface area is 176 Å². The standard InChI is InChI=1S/C22H21N3O4S/c26-20(10-5-11-25-21(27)16-7-2-4-9-19(16)30-25)24-18(22(28)29)12-14-13-23-17-8-3-1-6-15(14)17/h1-4,6-9,13,18,23H,5,10-12H2,(H,24,26)(H,28,29)/t18-/m0/s1. The van der Waals surface area contributed by atoms with Crippen molar-refractivity contribution in [2.45, 2.75) is 31.8 Å². The zero-order valence-corrected chi connectivity index (χ0v) is 16.9. The third-order valence-corrected chi connectivity index (χ3v) is 6.17. The van der Waals surface area contributed by atoms with Crippen LogP contribution < -0.4 is 10.9 Å². The van der Waals surface area contributed by atoms with E-state index >= 15 is 0 Å². The third kappa shape index (κ3) is 4.13. The molecule has 7 nitrogen and oxygen atoms in total. The van der Waals surface area contributed by atoms with Crippen LogP contribution in [0.3, 0.4) is 0 Å². The zero-order valence-electron chi connectivity index (χ0n) is 16.1. The quantitative estimate of drug-likeness (QED) is 0.405. The van der Waals surface area contributed by atoms with Crippen molar-refractivity contribution in [3.05, 3.63) is 70.6 Å². The molecule has 8 heteroatoms. The van der Waals surface area contributed by atoms with E-state index in [1.165, 1.54) is 11.5 Å². The van der Waals surface area contributed by atoms with Crippen molar-refractivity contribution >= 4 is 44.4 Å². The summed E-state index contributed by atoms with van der Waals surface area (Å²) in [5, 5.41) is 13.8. The van der Waals surface area contributed by atoms with Crippen molar-refractivity contribution in [2.24, 2.45) is 0 Å². The molecule has 0 bridgehead atoms. The molecule has 4 aromatic rings. The van der Waals surface area contributed by atoms with Gasteiger partial charge in [-0.15, -0.1) is 0 Å². The Morgan fingerprint density at radius 3 is 2.60 bits per heavy atom. The number of aliphatic carboxylic acids is 1. The van der Waals surface area contributed by atoms with E-state index in [-0.39, 0.29) is 24.3 Å². The number of carboxylic acid groups (broad SMARTS) is 1. The first-order valence-electron chi connectivity index (χ1n) is 9.69. The Morgan fingerprint density at radius 1 is 1.10 bits per heavy atom. The summed E-state index contributed by atoms with van der Waals surface area (Å²) in [6.07, 6.45) is 2.58. The maximum atomic E-state index is 12.3. The summed E-state index contributed by atoms with van der Waals surface area (Å²) in [6, 6.07) is 14.0. The Balaban J connectivity index is 1.36. The van der Waals surface area contributed by atoms with Gasteiger partial charge in [-0.2, -0.15) is 0 Å². The van der Waals surface area contributed by atoms with Crippen LogP contribution in [0.25, 0.3) is 21.0 Å². The minimum absolute atomic E-state index is 0.0567. The number of rotatable bonds is 8. The predicted molar refractivity (Wildman–Crippen MR) is 117 cm³/mol. The molecule has 0 saturated carbocycles. The van der Waals surface area contributed by atoms with Gasteiger partial charge in [0, 0.05) is 36.5 Å². The van der Waals surface area contributed by atoms with Crippen molar-refractivity contribution in [2.75, 3.05) is 0 Å². The number of carbonyl (C=O) groups is 2.